The average molecular weight is 301 g/mol. The number of para-hydroxylation sites is 1. The van der Waals surface area contributed by atoms with Crippen LogP contribution in [0.4, 0.5) is 0 Å². The van der Waals surface area contributed by atoms with Crippen molar-refractivity contribution in [3.05, 3.63) is 35.6 Å². The summed E-state index contributed by atoms with van der Waals surface area (Å²) in [6.07, 6.45) is 5.30. The van der Waals surface area contributed by atoms with Crippen molar-refractivity contribution in [2.75, 3.05) is 6.61 Å². The third-order valence-electron chi connectivity index (χ3n) is 4.76. The summed E-state index contributed by atoms with van der Waals surface area (Å²) < 4.78 is 5.73. The number of hydrogen-bond donors (Lipinski definition) is 2. The first-order valence-electron chi connectivity index (χ1n) is 8.10. The van der Waals surface area contributed by atoms with Crippen molar-refractivity contribution in [3.8, 4) is 0 Å². The van der Waals surface area contributed by atoms with Crippen LogP contribution in [0.3, 0.4) is 0 Å². The highest BCUT2D eigenvalue weighted by Gasteiger charge is 2.27. The fourth-order valence-electron chi connectivity index (χ4n) is 3.42. The molecule has 2 atom stereocenters. The van der Waals surface area contributed by atoms with E-state index in [1.165, 1.54) is 6.42 Å². The topological polar surface area (TPSA) is 62.5 Å². The van der Waals surface area contributed by atoms with Gasteiger partial charge in [0.05, 0.1) is 0 Å². The van der Waals surface area contributed by atoms with Gasteiger partial charge in [-0.1, -0.05) is 37.5 Å². The third-order valence-corrected chi connectivity index (χ3v) is 4.76. The number of hydrogen-bond acceptors (Lipinski definition) is 3. The third kappa shape index (κ3) is 2.88. The van der Waals surface area contributed by atoms with Gasteiger partial charge in [-0.15, -0.1) is 0 Å². The van der Waals surface area contributed by atoms with Gasteiger partial charge in [-0.2, -0.15) is 0 Å². The van der Waals surface area contributed by atoms with E-state index in [-0.39, 0.29) is 24.5 Å². The maximum Gasteiger partial charge on any atom is 0.287 e. The predicted molar refractivity (Wildman–Crippen MR) is 85.9 cm³/mol. The van der Waals surface area contributed by atoms with Gasteiger partial charge in [0.15, 0.2) is 5.76 Å². The molecule has 0 saturated heterocycles. The number of aliphatic hydroxyl groups is 1. The minimum Gasteiger partial charge on any atom is -0.451 e. The summed E-state index contributed by atoms with van der Waals surface area (Å²) in [6, 6.07) is 7.72. The van der Waals surface area contributed by atoms with Gasteiger partial charge in [-0.3, -0.25) is 4.79 Å². The second-order valence-corrected chi connectivity index (χ2v) is 6.21. The van der Waals surface area contributed by atoms with Crippen LogP contribution in [0.2, 0.25) is 0 Å². The van der Waals surface area contributed by atoms with E-state index < -0.39 is 0 Å². The molecule has 2 aromatic rings. The summed E-state index contributed by atoms with van der Waals surface area (Å²) >= 11 is 0. The molecule has 2 unspecified atom stereocenters. The summed E-state index contributed by atoms with van der Waals surface area (Å²) in [6.45, 7) is 2.04. The molecule has 4 heteroatoms. The number of carbonyl (C=O) groups is 1. The van der Waals surface area contributed by atoms with Crippen molar-refractivity contribution in [3.63, 3.8) is 0 Å². The summed E-state index contributed by atoms with van der Waals surface area (Å²) in [5, 5.41) is 13.6. The Balaban J connectivity index is 1.81. The summed E-state index contributed by atoms with van der Waals surface area (Å²) in [7, 11) is 0. The van der Waals surface area contributed by atoms with Gasteiger partial charge in [0.2, 0.25) is 0 Å². The minimum atomic E-state index is -0.168. The van der Waals surface area contributed by atoms with Crippen molar-refractivity contribution in [1.29, 1.82) is 0 Å². The zero-order chi connectivity index (χ0) is 15.5. The lowest BCUT2D eigenvalue weighted by molar-refractivity contribution is 0.0873. The normalized spacial score (nSPS) is 22.5. The van der Waals surface area contributed by atoms with Gasteiger partial charge in [0.1, 0.15) is 5.58 Å². The summed E-state index contributed by atoms with van der Waals surface area (Å²) in [5.41, 5.74) is 1.62. The largest absolute Gasteiger partial charge is 0.451 e. The number of carbonyl (C=O) groups excluding carboxylic acids is 1. The maximum atomic E-state index is 12.6. The first-order valence-corrected chi connectivity index (χ1v) is 8.10. The molecule has 1 aromatic heterocycles. The quantitative estimate of drug-likeness (QED) is 0.854. The Bertz CT molecular complexity index is 661. The van der Waals surface area contributed by atoms with E-state index >= 15 is 0 Å². The number of benzene rings is 1. The molecule has 1 amide bonds. The molecular weight excluding hydrogens is 278 g/mol. The Morgan fingerprint density at radius 3 is 2.82 bits per heavy atom. The van der Waals surface area contributed by atoms with Crippen molar-refractivity contribution < 1.29 is 14.3 Å². The highest BCUT2D eigenvalue weighted by molar-refractivity contribution is 5.99. The van der Waals surface area contributed by atoms with Crippen LogP contribution < -0.4 is 5.32 Å². The highest BCUT2D eigenvalue weighted by Crippen LogP contribution is 2.27. The van der Waals surface area contributed by atoms with Gasteiger partial charge in [0.25, 0.3) is 5.91 Å². The molecule has 1 saturated carbocycles. The first kappa shape index (κ1) is 15.1. The number of aryl methyl sites for hydroxylation is 1. The zero-order valence-corrected chi connectivity index (χ0v) is 13.0. The lowest BCUT2D eigenvalue weighted by Gasteiger charge is -2.24. The van der Waals surface area contributed by atoms with Crippen LogP contribution in [0.5, 0.6) is 0 Å². The van der Waals surface area contributed by atoms with E-state index in [0.717, 1.165) is 42.2 Å². The molecule has 0 bridgehead atoms. The van der Waals surface area contributed by atoms with Crippen LogP contribution >= 0.6 is 0 Å². The molecule has 2 N–H and O–H groups in total. The lowest BCUT2D eigenvalue weighted by Crippen LogP contribution is -2.41. The van der Waals surface area contributed by atoms with Crippen molar-refractivity contribution >= 4 is 16.9 Å². The van der Waals surface area contributed by atoms with Crippen LogP contribution in [-0.4, -0.2) is 23.7 Å². The van der Waals surface area contributed by atoms with E-state index in [9.17, 15) is 9.90 Å². The molecular formula is C18H23NO3. The highest BCUT2D eigenvalue weighted by atomic mass is 16.3. The Hall–Kier alpha value is -1.81. The van der Waals surface area contributed by atoms with Crippen molar-refractivity contribution in [1.82, 2.24) is 5.32 Å². The first-order chi connectivity index (χ1) is 10.7. The molecule has 0 spiro atoms. The van der Waals surface area contributed by atoms with Crippen LogP contribution in [0.1, 0.15) is 48.2 Å². The van der Waals surface area contributed by atoms with Crippen LogP contribution in [0.15, 0.2) is 28.7 Å². The number of aliphatic hydroxyl groups excluding tert-OH is 1. The summed E-state index contributed by atoms with van der Waals surface area (Å²) in [5.74, 6) is 0.373. The van der Waals surface area contributed by atoms with Gasteiger partial charge >= 0.3 is 0 Å². The molecule has 1 aromatic carbocycles. The second-order valence-electron chi connectivity index (χ2n) is 6.21. The average Bonchev–Trinajstić information content (AvgIpc) is 2.72. The number of rotatable bonds is 3. The molecule has 1 aliphatic carbocycles. The zero-order valence-electron chi connectivity index (χ0n) is 13.0. The van der Waals surface area contributed by atoms with E-state index in [1.807, 2.05) is 31.2 Å². The fourth-order valence-corrected chi connectivity index (χ4v) is 3.42. The summed E-state index contributed by atoms with van der Waals surface area (Å²) in [4.78, 5) is 12.6. The molecule has 0 aliphatic heterocycles. The molecule has 1 fully saturated rings. The Kier molecular flexibility index (Phi) is 4.48. The van der Waals surface area contributed by atoms with Crippen molar-refractivity contribution in [2.45, 2.75) is 45.1 Å². The lowest BCUT2D eigenvalue weighted by atomic mass is 9.95. The molecule has 1 aliphatic rings. The smallest absolute Gasteiger partial charge is 0.287 e. The monoisotopic (exact) mass is 301 g/mol. The molecule has 3 rings (SSSR count). The Morgan fingerprint density at radius 2 is 2.05 bits per heavy atom. The molecule has 22 heavy (non-hydrogen) atoms. The van der Waals surface area contributed by atoms with Crippen molar-refractivity contribution in [2.24, 2.45) is 5.92 Å². The molecule has 118 valence electrons. The molecule has 1 heterocycles. The number of fused-ring (bicyclic) bond motifs is 1. The van der Waals surface area contributed by atoms with E-state index in [4.69, 9.17) is 4.42 Å². The molecule has 0 radical (unpaired) electrons. The SMILES string of the molecule is Cc1c(C(=O)NC2CCCCCC2CO)oc2ccccc12. The van der Waals surface area contributed by atoms with Gasteiger partial charge < -0.3 is 14.8 Å². The second kappa shape index (κ2) is 6.53. The number of furan rings is 1. The van der Waals surface area contributed by atoms with Crippen LogP contribution in [0.25, 0.3) is 11.0 Å². The Labute approximate surface area is 130 Å². The fraction of sp³-hybridized carbons (Fsp3) is 0.500. The number of amides is 1. The van der Waals surface area contributed by atoms with Crippen LogP contribution in [-0.2, 0) is 0 Å². The van der Waals surface area contributed by atoms with Gasteiger partial charge in [0, 0.05) is 29.5 Å². The van der Waals surface area contributed by atoms with Gasteiger partial charge in [-0.05, 0) is 25.8 Å². The predicted octanol–water partition coefficient (Wildman–Crippen LogP) is 3.41. The van der Waals surface area contributed by atoms with Gasteiger partial charge in [-0.25, -0.2) is 0 Å². The van der Waals surface area contributed by atoms with E-state index in [0.29, 0.717) is 5.76 Å². The Morgan fingerprint density at radius 1 is 1.27 bits per heavy atom. The van der Waals surface area contributed by atoms with Crippen LogP contribution in [0, 0.1) is 12.8 Å². The maximum absolute atomic E-state index is 12.6. The number of nitrogens with one attached hydrogen (secondary N) is 1. The van der Waals surface area contributed by atoms with E-state index in [1.54, 1.807) is 0 Å². The van der Waals surface area contributed by atoms with E-state index in [2.05, 4.69) is 5.32 Å². The molecule has 4 nitrogen and oxygen atoms in total. The standard InChI is InChI=1S/C18H23NO3/c1-12-14-8-5-6-10-16(14)22-17(12)18(21)19-15-9-4-2-3-7-13(15)11-20/h5-6,8,10,13,15,20H,2-4,7,9,11H2,1H3,(H,19,21). The minimum absolute atomic E-state index is 0.0348.